The molecular formula is C12H13FO4S. The fourth-order valence-electron chi connectivity index (χ4n) is 1.44. The standard InChI is InChI=1S/C12H13FO4S/c1-7(15)18-6-11(16)12(17)8-3-2-4-10(13)9(8)5-14/h2-5,11-12,16-17H,6H2,1H3. The lowest BCUT2D eigenvalue weighted by atomic mass is 9.99. The third kappa shape index (κ3) is 3.63. The Morgan fingerprint density at radius 2 is 2.17 bits per heavy atom. The van der Waals surface area contributed by atoms with Gasteiger partial charge in [-0.25, -0.2) is 4.39 Å². The maximum Gasteiger partial charge on any atom is 0.185 e. The molecule has 0 heterocycles. The zero-order chi connectivity index (χ0) is 13.7. The number of rotatable bonds is 5. The van der Waals surface area contributed by atoms with Crippen molar-refractivity contribution < 1.29 is 24.2 Å². The highest BCUT2D eigenvalue weighted by atomic mass is 32.2. The van der Waals surface area contributed by atoms with Crippen molar-refractivity contribution in [2.45, 2.75) is 19.1 Å². The third-order valence-corrected chi connectivity index (χ3v) is 3.26. The van der Waals surface area contributed by atoms with Crippen molar-refractivity contribution in [3.05, 3.63) is 35.1 Å². The Labute approximate surface area is 108 Å². The first kappa shape index (κ1) is 14.8. The molecule has 2 N–H and O–H groups in total. The number of carbonyl (C=O) groups is 2. The minimum absolute atomic E-state index is 0.0154. The SMILES string of the molecule is CC(=O)SCC(O)C(O)c1cccc(F)c1C=O. The number of benzene rings is 1. The van der Waals surface area contributed by atoms with Gasteiger partial charge in [0.15, 0.2) is 11.4 Å². The Morgan fingerprint density at radius 3 is 2.72 bits per heavy atom. The van der Waals surface area contributed by atoms with Gasteiger partial charge >= 0.3 is 0 Å². The van der Waals surface area contributed by atoms with Gasteiger partial charge in [-0.2, -0.15) is 0 Å². The fraction of sp³-hybridized carbons (Fsp3) is 0.333. The number of hydrogen-bond donors (Lipinski definition) is 2. The van der Waals surface area contributed by atoms with Crippen molar-refractivity contribution in [1.29, 1.82) is 0 Å². The second-order valence-corrected chi connectivity index (χ2v) is 4.87. The van der Waals surface area contributed by atoms with Crippen LogP contribution in [-0.4, -0.2) is 33.5 Å². The summed E-state index contributed by atoms with van der Waals surface area (Å²) >= 11 is 0.849. The lowest BCUT2D eigenvalue weighted by Gasteiger charge is -2.18. The fourth-order valence-corrected chi connectivity index (χ4v) is 2.02. The average molecular weight is 272 g/mol. The molecule has 0 amide bonds. The summed E-state index contributed by atoms with van der Waals surface area (Å²) in [7, 11) is 0. The van der Waals surface area contributed by atoms with Gasteiger partial charge in [-0.15, -0.1) is 0 Å². The summed E-state index contributed by atoms with van der Waals surface area (Å²) in [6.45, 7) is 1.34. The smallest absolute Gasteiger partial charge is 0.185 e. The Balaban J connectivity index is 2.89. The summed E-state index contributed by atoms with van der Waals surface area (Å²) < 4.78 is 13.3. The number of aliphatic hydroxyl groups is 2. The summed E-state index contributed by atoms with van der Waals surface area (Å²) in [5, 5.41) is 19.3. The molecule has 0 saturated carbocycles. The van der Waals surface area contributed by atoms with E-state index in [1.165, 1.54) is 19.1 Å². The van der Waals surface area contributed by atoms with Gasteiger partial charge in [0.05, 0.1) is 11.7 Å². The number of carbonyl (C=O) groups excluding carboxylic acids is 2. The lowest BCUT2D eigenvalue weighted by molar-refractivity contribution is -0.109. The monoisotopic (exact) mass is 272 g/mol. The molecule has 0 aliphatic heterocycles. The second-order valence-electron chi connectivity index (χ2n) is 3.68. The summed E-state index contributed by atoms with van der Waals surface area (Å²) in [6, 6.07) is 3.79. The van der Waals surface area contributed by atoms with Crippen LogP contribution in [0.5, 0.6) is 0 Å². The molecule has 0 saturated heterocycles. The predicted molar refractivity (Wildman–Crippen MR) is 65.9 cm³/mol. The topological polar surface area (TPSA) is 74.6 Å². The molecule has 0 aromatic heterocycles. The Hall–Kier alpha value is -1.24. The van der Waals surface area contributed by atoms with E-state index in [4.69, 9.17) is 0 Å². The quantitative estimate of drug-likeness (QED) is 0.791. The maximum absolute atomic E-state index is 13.3. The molecule has 0 bridgehead atoms. The van der Waals surface area contributed by atoms with Crippen molar-refractivity contribution in [3.63, 3.8) is 0 Å². The summed E-state index contributed by atoms with van der Waals surface area (Å²) in [5.41, 5.74) is -0.265. The van der Waals surface area contributed by atoms with Crippen LogP contribution in [0.1, 0.15) is 28.9 Å². The number of hydrogen-bond acceptors (Lipinski definition) is 5. The van der Waals surface area contributed by atoms with Crippen LogP contribution in [0.3, 0.4) is 0 Å². The molecular weight excluding hydrogens is 259 g/mol. The van der Waals surface area contributed by atoms with Crippen LogP contribution >= 0.6 is 11.8 Å². The van der Waals surface area contributed by atoms with E-state index in [1.807, 2.05) is 0 Å². The predicted octanol–water partition coefficient (Wildman–Crippen LogP) is 1.31. The average Bonchev–Trinajstić information content (AvgIpc) is 2.34. The molecule has 1 aromatic carbocycles. The van der Waals surface area contributed by atoms with Crippen LogP contribution < -0.4 is 0 Å². The van der Waals surface area contributed by atoms with Gasteiger partial charge in [-0.1, -0.05) is 23.9 Å². The van der Waals surface area contributed by atoms with E-state index in [-0.39, 0.29) is 22.0 Å². The lowest BCUT2D eigenvalue weighted by Crippen LogP contribution is -2.22. The molecule has 2 unspecified atom stereocenters. The molecule has 1 aromatic rings. The minimum atomic E-state index is -1.41. The van der Waals surface area contributed by atoms with Gasteiger partial charge in [-0.3, -0.25) is 9.59 Å². The van der Waals surface area contributed by atoms with Crippen LogP contribution in [0.15, 0.2) is 18.2 Å². The highest BCUT2D eigenvalue weighted by Crippen LogP contribution is 2.24. The van der Waals surface area contributed by atoms with Gasteiger partial charge < -0.3 is 10.2 Å². The molecule has 4 nitrogen and oxygen atoms in total. The van der Waals surface area contributed by atoms with Crippen LogP contribution in [0, 0.1) is 5.82 Å². The van der Waals surface area contributed by atoms with Gasteiger partial charge in [0, 0.05) is 12.7 Å². The number of thioether (sulfide) groups is 1. The van der Waals surface area contributed by atoms with Crippen LogP contribution in [-0.2, 0) is 4.79 Å². The van der Waals surface area contributed by atoms with E-state index in [1.54, 1.807) is 0 Å². The Morgan fingerprint density at radius 1 is 1.50 bits per heavy atom. The van der Waals surface area contributed by atoms with Crippen LogP contribution in [0.25, 0.3) is 0 Å². The molecule has 98 valence electrons. The van der Waals surface area contributed by atoms with E-state index in [9.17, 15) is 24.2 Å². The molecule has 0 aliphatic rings. The maximum atomic E-state index is 13.3. The van der Waals surface area contributed by atoms with Gasteiger partial charge in [0.2, 0.25) is 0 Å². The van der Waals surface area contributed by atoms with E-state index in [0.717, 1.165) is 17.8 Å². The summed E-state index contributed by atoms with van der Waals surface area (Å²) in [5.74, 6) is -0.779. The van der Waals surface area contributed by atoms with Gasteiger partial charge in [0.25, 0.3) is 0 Å². The van der Waals surface area contributed by atoms with E-state index in [2.05, 4.69) is 0 Å². The molecule has 0 radical (unpaired) electrons. The van der Waals surface area contributed by atoms with Crippen LogP contribution in [0.2, 0.25) is 0 Å². The molecule has 6 heteroatoms. The van der Waals surface area contributed by atoms with Crippen molar-refractivity contribution in [3.8, 4) is 0 Å². The highest BCUT2D eigenvalue weighted by molar-refractivity contribution is 8.13. The van der Waals surface area contributed by atoms with Crippen molar-refractivity contribution in [2.24, 2.45) is 0 Å². The van der Waals surface area contributed by atoms with E-state index in [0.29, 0.717) is 6.29 Å². The molecule has 0 aliphatic carbocycles. The normalized spacial score (nSPS) is 14.0. The number of aldehydes is 1. The molecule has 1 rings (SSSR count). The number of aliphatic hydroxyl groups excluding tert-OH is 2. The third-order valence-electron chi connectivity index (χ3n) is 2.34. The molecule has 2 atom stereocenters. The van der Waals surface area contributed by atoms with Gasteiger partial charge in [0.1, 0.15) is 11.9 Å². The highest BCUT2D eigenvalue weighted by Gasteiger charge is 2.23. The second kappa shape index (κ2) is 6.63. The van der Waals surface area contributed by atoms with Crippen LogP contribution in [0.4, 0.5) is 4.39 Å². The zero-order valence-corrected chi connectivity index (χ0v) is 10.5. The molecule has 18 heavy (non-hydrogen) atoms. The number of halogens is 1. The van der Waals surface area contributed by atoms with Gasteiger partial charge in [-0.05, 0) is 11.6 Å². The molecule has 0 fully saturated rings. The first-order valence-corrected chi connectivity index (χ1v) is 6.19. The first-order valence-electron chi connectivity index (χ1n) is 5.20. The minimum Gasteiger partial charge on any atom is -0.389 e. The largest absolute Gasteiger partial charge is 0.389 e. The van der Waals surface area contributed by atoms with Crippen molar-refractivity contribution in [1.82, 2.24) is 0 Å². The van der Waals surface area contributed by atoms with Crippen molar-refractivity contribution in [2.75, 3.05) is 5.75 Å². The van der Waals surface area contributed by atoms with Crippen molar-refractivity contribution >= 4 is 23.2 Å². The summed E-state index contributed by atoms with van der Waals surface area (Å²) in [6.07, 6.45) is -2.37. The Kier molecular flexibility index (Phi) is 5.46. The Bertz CT molecular complexity index is 450. The van der Waals surface area contributed by atoms with E-state index < -0.39 is 18.0 Å². The zero-order valence-electron chi connectivity index (χ0n) is 9.67. The first-order chi connectivity index (χ1) is 8.47. The molecule has 0 spiro atoms. The summed E-state index contributed by atoms with van der Waals surface area (Å²) in [4.78, 5) is 21.5. The van der Waals surface area contributed by atoms with E-state index >= 15 is 0 Å².